The van der Waals surface area contributed by atoms with Gasteiger partial charge in [-0.15, -0.1) is 0 Å². The first-order valence-corrected chi connectivity index (χ1v) is 16.1. The number of benzene rings is 7. The van der Waals surface area contributed by atoms with Crippen LogP contribution < -0.4 is 0 Å². The molecule has 0 unspecified atom stereocenters. The number of hydrogen-bond acceptors (Lipinski definition) is 3. The molecule has 0 saturated carbocycles. The average Bonchev–Trinajstić information content (AvgIpc) is 3.82. The molecule has 0 bridgehead atoms. The van der Waals surface area contributed by atoms with Crippen LogP contribution in [-0.4, -0.2) is 9.13 Å². The Hall–Kier alpha value is -7.08. The minimum absolute atomic E-state index is 0.546. The van der Waals surface area contributed by atoms with Crippen LogP contribution in [0.1, 0.15) is 11.1 Å². The van der Waals surface area contributed by atoms with E-state index in [-0.39, 0.29) is 0 Å². The first-order valence-electron chi connectivity index (χ1n) is 16.1. The summed E-state index contributed by atoms with van der Waals surface area (Å²) in [4.78, 5) is 0. The summed E-state index contributed by atoms with van der Waals surface area (Å²) >= 11 is 0. The number of furan rings is 1. The lowest BCUT2D eigenvalue weighted by Gasteiger charge is -2.16. The van der Waals surface area contributed by atoms with Gasteiger partial charge in [0.25, 0.3) is 0 Å². The van der Waals surface area contributed by atoms with Gasteiger partial charge in [-0.05, 0) is 54.6 Å². The smallest absolute Gasteiger partial charge is 0.160 e. The molecule has 10 rings (SSSR count). The SMILES string of the molecule is N#Cc1ccc2c(c1)c1ccccc1n2-c1c(C#N)cccc1-c1cccc2c1oc1c2ccc2c3ccccc3n(-c3ccccc3)c21. The third-order valence-electron chi connectivity index (χ3n) is 9.79. The van der Waals surface area contributed by atoms with Gasteiger partial charge in [-0.3, -0.25) is 0 Å². The summed E-state index contributed by atoms with van der Waals surface area (Å²) in [6, 6.07) is 54.1. The Morgan fingerprint density at radius 1 is 0.449 bits per heavy atom. The molecular formula is C44H24N4O. The normalized spacial score (nSPS) is 11.6. The van der Waals surface area contributed by atoms with E-state index in [0.29, 0.717) is 11.1 Å². The molecule has 226 valence electrons. The van der Waals surface area contributed by atoms with Gasteiger partial charge in [-0.1, -0.05) is 91.0 Å². The number of nitriles is 2. The van der Waals surface area contributed by atoms with Gasteiger partial charge in [-0.2, -0.15) is 10.5 Å². The van der Waals surface area contributed by atoms with Gasteiger partial charge in [0.15, 0.2) is 5.58 Å². The van der Waals surface area contributed by atoms with Crippen LogP contribution in [0.15, 0.2) is 150 Å². The number of aromatic nitrogens is 2. The Kier molecular flexibility index (Phi) is 5.64. The lowest BCUT2D eigenvalue weighted by molar-refractivity contribution is 0.672. The van der Waals surface area contributed by atoms with E-state index in [0.717, 1.165) is 82.7 Å². The molecule has 0 radical (unpaired) electrons. The third-order valence-corrected chi connectivity index (χ3v) is 9.79. The number of hydrogen-bond donors (Lipinski definition) is 0. The molecule has 0 aliphatic heterocycles. The van der Waals surface area contributed by atoms with Crippen LogP contribution in [0.2, 0.25) is 0 Å². The summed E-state index contributed by atoms with van der Waals surface area (Å²) < 4.78 is 11.5. The highest BCUT2D eigenvalue weighted by Crippen LogP contribution is 2.45. The van der Waals surface area contributed by atoms with Crippen LogP contribution >= 0.6 is 0 Å². The van der Waals surface area contributed by atoms with Crippen LogP contribution in [0.4, 0.5) is 0 Å². The molecule has 0 atom stereocenters. The van der Waals surface area contributed by atoms with Crippen LogP contribution in [0.25, 0.3) is 88.1 Å². The second-order valence-corrected chi connectivity index (χ2v) is 12.3. The van der Waals surface area contributed by atoms with Gasteiger partial charge < -0.3 is 13.6 Å². The Labute approximate surface area is 280 Å². The van der Waals surface area contributed by atoms with E-state index < -0.39 is 0 Å². The summed E-state index contributed by atoms with van der Waals surface area (Å²) in [5.74, 6) is 0. The molecule has 7 aromatic carbocycles. The molecule has 0 aliphatic carbocycles. The molecule has 5 nitrogen and oxygen atoms in total. The fraction of sp³-hybridized carbons (Fsp3) is 0. The van der Waals surface area contributed by atoms with Crippen molar-refractivity contribution < 1.29 is 4.42 Å². The summed E-state index contributed by atoms with van der Waals surface area (Å²) in [5.41, 5.74) is 10.4. The highest BCUT2D eigenvalue weighted by Gasteiger charge is 2.23. The highest BCUT2D eigenvalue weighted by molar-refractivity contribution is 6.23. The quantitative estimate of drug-likeness (QED) is 0.196. The van der Waals surface area contributed by atoms with Crippen LogP contribution in [-0.2, 0) is 0 Å². The second kappa shape index (κ2) is 10.2. The predicted molar refractivity (Wildman–Crippen MR) is 197 cm³/mol. The minimum atomic E-state index is 0.546. The first kappa shape index (κ1) is 27.1. The van der Waals surface area contributed by atoms with E-state index in [4.69, 9.17) is 4.42 Å². The molecule has 49 heavy (non-hydrogen) atoms. The van der Waals surface area contributed by atoms with Gasteiger partial charge in [0, 0.05) is 49.1 Å². The Bertz CT molecular complexity index is 3070. The zero-order chi connectivity index (χ0) is 32.6. The van der Waals surface area contributed by atoms with Crippen molar-refractivity contribution in [1.29, 1.82) is 10.5 Å². The van der Waals surface area contributed by atoms with E-state index >= 15 is 0 Å². The summed E-state index contributed by atoms with van der Waals surface area (Å²) in [6.07, 6.45) is 0. The van der Waals surface area contributed by atoms with Crippen LogP contribution in [0, 0.1) is 22.7 Å². The third kappa shape index (κ3) is 3.73. The zero-order valence-corrected chi connectivity index (χ0v) is 26.1. The van der Waals surface area contributed by atoms with E-state index in [9.17, 15) is 10.5 Å². The van der Waals surface area contributed by atoms with Crippen molar-refractivity contribution in [3.8, 4) is 34.6 Å². The van der Waals surface area contributed by atoms with E-state index in [2.05, 4.69) is 118 Å². The molecular weight excluding hydrogens is 601 g/mol. The van der Waals surface area contributed by atoms with Crippen molar-refractivity contribution in [3.63, 3.8) is 0 Å². The van der Waals surface area contributed by atoms with Crippen molar-refractivity contribution in [2.24, 2.45) is 0 Å². The maximum Gasteiger partial charge on any atom is 0.160 e. The van der Waals surface area contributed by atoms with Crippen LogP contribution in [0.3, 0.4) is 0 Å². The topological polar surface area (TPSA) is 70.6 Å². The molecule has 0 aliphatic rings. The molecule has 0 N–H and O–H groups in total. The maximum absolute atomic E-state index is 10.5. The average molecular weight is 625 g/mol. The molecule has 3 heterocycles. The molecule has 3 aromatic heterocycles. The molecule has 0 spiro atoms. The van der Waals surface area contributed by atoms with Crippen molar-refractivity contribution in [3.05, 3.63) is 157 Å². The minimum Gasteiger partial charge on any atom is -0.453 e. The molecule has 0 amide bonds. The fourth-order valence-corrected chi connectivity index (χ4v) is 7.74. The van der Waals surface area contributed by atoms with Crippen molar-refractivity contribution in [2.75, 3.05) is 0 Å². The van der Waals surface area contributed by atoms with Gasteiger partial charge in [0.05, 0.1) is 45.0 Å². The van der Waals surface area contributed by atoms with Gasteiger partial charge >= 0.3 is 0 Å². The lowest BCUT2D eigenvalue weighted by atomic mass is 9.97. The maximum atomic E-state index is 10.5. The predicted octanol–water partition coefficient (Wildman–Crippen LogP) is 11.2. The summed E-state index contributed by atoms with van der Waals surface area (Å²) in [7, 11) is 0. The van der Waals surface area contributed by atoms with Gasteiger partial charge in [0.2, 0.25) is 0 Å². The van der Waals surface area contributed by atoms with Gasteiger partial charge in [-0.25, -0.2) is 0 Å². The highest BCUT2D eigenvalue weighted by atomic mass is 16.3. The first-order chi connectivity index (χ1) is 24.2. The van der Waals surface area contributed by atoms with Crippen LogP contribution in [0.5, 0.6) is 0 Å². The Balaban J connectivity index is 1.32. The zero-order valence-electron chi connectivity index (χ0n) is 26.1. The Morgan fingerprint density at radius 3 is 1.88 bits per heavy atom. The fourth-order valence-electron chi connectivity index (χ4n) is 7.74. The summed E-state index contributed by atoms with van der Waals surface area (Å²) in [6.45, 7) is 0. The van der Waals surface area contributed by atoms with E-state index in [1.54, 1.807) is 0 Å². The molecule has 5 heteroatoms. The number of para-hydroxylation sites is 5. The molecule has 0 saturated heterocycles. The lowest BCUT2D eigenvalue weighted by Crippen LogP contribution is -2.01. The standard InChI is InChI=1S/C44H24N4O/c45-25-27-20-23-40-37(24-27)31-14-5-7-19-39(31)48(40)41-28(26-46)10-8-15-32(41)34-16-9-17-35-36-22-21-33-30-13-4-6-18-38(30)47(29-11-2-1-3-12-29)42(33)44(36)49-43(34)35/h1-24H. The van der Waals surface area contributed by atoms with Gasteiger partial charge in [0.1, 0.15) is 11.7 Å². The Morgan fingerprint density at radius 2 is 1.08 bits per heavy atom. The van der Waals surface area contributed by atoms with Crippen molar-refractivity contribution in [2.45, 2.75) is 0 Å². The summed E-state index contributed by atoms with van der Waals surface area (Å²) in [5, 5.41) is 26.6. The second-order valence-electron chi connectivity index (χ2n) is 12.3. The largest absolute Gasteiger partial charge is 0.453 e. The molecule has 10 aromatic rings. The number of fused-ring (bicyclic) bond motifs is 10. The van der Waals surface area contributed by atoms with Crippen molar-refractivity contribution >= 4 is 65.6 Å². The van der Waals surface area contributed by atoms with Crippen molar-refractivity contribution in [1.82, 2.24) is 9.13 Å². The van der Waals surface area contributed by atoms with E-state index in [1.807, 2.05) is 48.5 Å². The monoisotopic (exact) mass is 624 g/mol. The number of nitrogens with zero attached hydrogens (tertiary/aromatic N) is 4. The number of rotatable bonds is 3. The molecule has 0 fully saturated rings. The van der Waals surface area contributed by atoms with E-state index in [1.165, 1.54) is 5.39 Å².